The van der Waals surface area contributed by atoms with Crippen molar-refractivity contribution in [3.8, 4) is 5.75 Å². The Kier molecular flexibility index (Phi) is 8.53. The van der Waals surface area contributed by atoms with E-state index in [2.05, 4.69) is 68.5 Å². The summed E-state index contributed by atoms with van der Waals surface area (Å²) < 4.78 is 5.48. The van der Waals surface area contributed by atoms with Gasteiger partial charge in [0.05, 0.1) is 7.11 Å². The molecule has 168 valence electrons. The van der Waals surface area contributed by atoms with Crippen molar-refractivity contribution < 1.29 is 4.74 Å². The number of nitrogens with zero attached hydrogens (tertiary/aromatic N) is 4. The Morgan fingerprint density at radius 2 is 1.94 bits per heavy atom. The number of hydrogen-bond donors (Lipinski definition) is 2. The number of anilines is 1. The molecule has 0 atom stereocenters. The zero-order chi connectivity index (χ0) is 22.1. The molecule has 2 heterocycles. The number of ether oxygens (including phenoxy) is 1. The minimum absolute atomic E-state index is 0.706. The molecule has 2 N–H and O–H groups in total. The van der Waals surface area contributed by atoms with Crippen LogP contribution in [0.5, 0.6) is 5.75 Å². The van der Waals surface area contributed by atoms with Gasteiger partial charge in [0.2, 0.25) is 0 Å². The lowest BCUT2D eigenvalue weighted by molar-refractivity contribution is 0.270. The van der Waals surface area contributed by atoms with Crippen LogP contribution >= 0.6 is 0 Å². The Hall–Kier alpha value is -2.80. The molecule has 1 fully saturated rings. The molecule has 0 saturated carbocycles. The molecule has 2 aromatic rings. The monoisotopic (exact) mass is 424 g/mol. The number of benzene rings is 1. The van der Waals surface area contributed by atoms with Crippen molar-refractivity contribution in [2.24, 2.45) is 4.99 Å². The van der Waals surface area contributed by atoms with Gasteiger partial charge < -0.3 is 25.2 Å². The summed E-state index contributed by atoms with van der Waals surface area (Å²) in [6.07, 6.45) is 2.77. The molecule has 0 amide bonds. The Balaban J connectivity index is 1.49. The number of aromatic nitrogens is 1. The molecule has 0 spiro atoms. The van der Waals surface area contributed by atoms with Crippen LogP contribution in [-0.4, -0.2) is 69.3 Å². The second-order valence-electron chi connectivity index (χ2n) is 7.86. The average Bonchev–Trinajstić information content (AvgIpc) is 2.81. The van der Waals surface area contributed by atoms with E-state index in [1.165, 1.54) is 16.7 Å². The van der Waals surface area contributed by atoms with E-state index in [0.29, 0.717) is 6.54 Å². The second kappa shape index (κ2) is 11.6. The van der Waals surface area contributed by atoms with Gasteiger partial charge in [-0.3, -0.25) is 4.99 Å². The fourth-order valence-electron chi connectivity index (χ4n) is 3.86. The summed E-state index contributed by atoms with van der Waals surface area (Å²) in [6, 6.07) is 10.5. The predicted molar refractivity (Wildman–Crippen MR) is 128 cm³/mol. The highest BCUT2D eigenvalue weighted by atomic mass is 16.5. The lowest BCUT2D eigenvalue weighted by Crippen LogP contribution is -2.46. The van der Waals surface area contributed by atoms with E-state index in [0.717, 1.165) is 63.2 Å². The number of piperazine rings is 1. The van der Waals surface area contributed by atoms with Crippen molar-refractivity contribution >= 4 is 11.8 Å². The third-order valence-electron chi connectivity index (χ3n) is 5.76. The number of guanidine groups is 1. The molecule has 0 bridgehead atoms. The van der Waals surface area contributed by atoms with Crippen LogP contribution < -0.4 is 20.3 Å². The number of aryl methyl sites for hydroxylation is 1. The summed E-state index contributed by atoms with van der Waals surface area (Å²) in [5, 5.41) is 6.81. The quantitative estimate of drug-likeness (QED) is 0.501. The standard InChI is InChI=1S/C24H36N6O/c1-5-29-12-14-30(15-13-29)23-17-20(8-10-26-23)18-28-24(25-3)27-11-9-21-16-19(2)6-7-22(21)31-4/h6-8,10,16-17H,5,9,11-15,18H2,1-4H3,(H2,25,27,28). The molecule has 0 aliphatic carbocycles. The van der Waals surface area contributed by atoms with Crippen LogP contribution in [0.15, 0.2) is 41.5 Å². The Labute approximate surface area is 186 Å². The number of likely N-dealkylation sites (N-methyl/N-ethyl adjacent to an activating group) is 1. The number of aliphatic imine (C=N–C) groups is 1. The Morgan fingerprint density at radius 1 is 1.13 bits per heavy atom. The largest absolute Gasteiger partial charge is 0.496 e. The van der Waals surface area contributed by atoms with Crippen LogP contribution in [-0.2, 0) is 13.0 Å². The molecular weight excluding hydrogens is 388 g/mol. The first-order valence-corrected chi connectivity index (χ1v) is 11.1. The molecule has 1 aliphatic heterocycles. The number of pyridine rings is 1. The highest BCUT2D eigenvalue weighted by Gasteiger charge is 2.16. The Morgan fingerprint density at radius 3 is 2.65 bits per heavy atom. The predicted octanol–water partition coefficient (Wildman–Crippen LogP) is 2.45. The first kappa shape index (κ1) is 22.9. The number of nitrogens with one attached hydrogen (secondary N) is 2. The van der Waals surface area contributed by atoms with Gasteiger partial charge in [-0.1, -0.05) is 24.6 Å². The van der Waals surface area contributed by atoms with Gasteiger partial charge in [0.25, 0.3) is 0 Å². The van der Waals surface area contributed by atoms with Crippen molar-refractivity contribution in [3.63, 3.8) is 0 Å². The smallest absolute Gasteiger partial charge is 0.191 e. The molecular formula is C24H36N6O. The summed E-state index contributed by atoms with van der Waals surface area (Å²) in [5.74, 6) is 2.78. The molecule has 1 aliphatic rings. The van der Waals surface area contributed by atoms with Crippen LogP contribution in [0.4, 0.5) is 5.82 Å². The van der Waals surface area contributed by atoms with Crippen LogP contribution in [0.3, 0.4) is 0 Å². The first-order valence-electron chi connectivity index (χ1n) is 11.1. The van der Waals surface area contributed by atoms with Gasteiger partial charge in [0, 0.05) is 52.5 Å². The van der Waals surface area contributed by atoms with Gasteiger partial charge in [-0.2, -0.15) is 0 Å². The SMILES string of the molecule is CCN1CCN(c2cc(CNC(=NC)NCCc3cc(C)ccc3OC)ccn2)CC1. The lowest BCUT2D eigenvalue weighted by Gasteiger charge is -2.34. The van der Waals surface area contributed by atoms with Gasteiger partial charge in [0.15, 0.2) is 5.96 Å². The number of methoxy groups -OCH3 is 1. The number of hydrogen-bond acceptors (Lipinski definition) is 5. The molecule has 7 heteroatoms. The molecule has 0 radical (unpaired) electrons. The fraction of sp³-hybridized carbons (Fsp3) is 0.500. The van der Waals surface area contributed by atoms with E-state index in [1.807, 2.05) is 12.3 Å². The molecule has 1 aromatic carbocycles. The third kappa shape index (κ3) is 6.59. The summed E-state index contributed by atoms with van der Waals surface area (Å²) in [6.45, 7) is 11.2. The molecule has 31 heavy (non-hydrogen) atoms. The van der Waals surface area contributed by atoms with Crippen molar-refractivity contribution in [1.82, 2.24) is 20.5 Å². The van der Waals surface area contributed by atoms with E-state index >= 15 is 0 Å². The first-order chi connectivity index (χ1) is 15.1. The zero-order valence-corrected chi connectivity index (χ0v) is 19.3. The van der Waals surface area contributed by atoms with Crippen LogP contribution in [0, 0.1) is 6.92 Å². The molecule has 3 rings (SSSR count). The topological polar surface area (TPSA) is 65.0 Å². The van der Waals surface area contributed by atoms with Crippen molar-refractivity contribution in [2.45, 2.75) is 26.8 Å². The Bertz CT molecular complexity index is 861. The van der Waals surface area contributed by atoms with Crippen molar-refractivity contribution in [1.29, 1.82) is 0 Å². The highest BCUT2D eigenvalue weighted by Crippen LogP contribution is 2.19. The van der Waals surface area contributed by atoms with E-state index in [9.17, 15) is 0 Å². The van der Waals surface area contributed by atoms with E-state index in [4.69, 9.17) is 4.74 Å². The molecule has 0 unspecified atom stereocenters. The van der Waals surface area contributed by atoms with Gasteiger partial charge in [-0.15, -0.1) is 0 Å². The summed E-state index contributed by atoms with van der Waals surface area (Å²) >= 11 is 0. The van der Waals surface area contributed by atoms with Crippen molar-refractivity contribution in [3.05, 3.63) is 53.2 Å². The van der Waals surface area contributed by atoms with Crippen molar-refractivity contribution in [2.75, 3.05) is 58.3 Å². The van der Waals surface area contributed by atoms with Gasteiger partial charge >= 0.3 is 0 Å². The van der Waals surface area contributed by atoms with Crippen LogP contribution in [0.2, 0.25) is 0 Å². The zero-order valence-electron chi connectivity index (χ0n) is 19.3. The number of rotatable bonds is 8. The van der Waals surface area contributed by atoms with E-state index < -0.39 is 0 Å². The van der Waals surface area contributed by atoms with E-state index in [-0.39, 0.29) is 0 Å². The van der Waals surface area contributed by atoms with Gasteiger partial charge in [-0.25, -0.2) is 4.98 Å². The van der Waals surface area contributed by atoms with Gasteiger partial charge in [0.1, 0.15) is 11.6 Å². The maximum absolute atomic E-state index is 5.48. The molecule has 7 nitrogen and oxygen atoms in total. The average molecular weight is 425 g/mol. The molecule has 1 aromatic heterocycles. The van der Waals surface area contributed by atoms with Crippen LogP contribution in [0.1, 0.15) is 23.6 Å². The summed E-state index contributed by atoms with van der Waals surface area (Å²) in [5.41, 5.74) is 3.64. The maximum atomic E-state index is 5.48. The fourth-order valence-corrected chi connectivity index (χ4v) is 3.86. The second-order valence-corrected chi connectivity index (χ2v) is 7.86. The van der Waals surface area contributed by atoms with Crippen LogP contribution in [0.25, 0.3) is 0 Å². The normalized spacial score (nSPS) is 15.1. The minimum Gasteiger partial charge on any atom is -0.496 e. The molecule has 1 saturated heterocycles. The van der Waals surface area contributed by atoms with E-state index in [1.54, 1.807) is 14.2 Å². The highest BCUT2D eigenvalue weighted by molar-refractivity contribution is 5.79. The summed E-state index contributed by atoms with van der Waals surface area (Å²) in [7, 11) is 3.52. The van der Waals surface area contributed by atoms with Gasteiger partial charge in [-0.05, 0) is 49.2 Å². The maximum Gasteiger partial charge on any atom is 0.191 e. The summed E-state index contributed by atoms with van der Waals surface area (Å²) in [4.78, 5) is 13.8. The third-order valence-corrected chi connectivity index (χ3v) is 5.76. The minimum atomic E-state index is 0.706. The lowest BCUT2D eigenvalue weighted by atomic mass is 10.1.